The third-order valence-corrected chi connectivity index (χ3v) is 8.62. The van der Waals surface area contributed by atoms with Gasteiger partial charge < -0.3 is 21.8 Å². The number of carbonyl (C=O) groups is 2. The van der Waals surface area contributed by atoms with Crippen molar-refractivity contribution in [3.63, 3.8) is 0 Å². The van der Waals surface area contributed by atoms with E-state index >= 15 is 0 Å². The SMILES string of the molecule is [2H]C([2H])([2H])C(C)(C)C1CCC2(CC1)N=C(c1cc(F)cc(F)c1)C(=O)N2[C@H](CCC(C)C)c1ccc(C(=O)NC/C(N)=N/N)cc1. The Morgan fingerprint density at radius 1 is 1.16 bits per heavy atom. The standard InChI is InChI=1S/C33H44F2N6O2/c1-20(2)6-11-27(21-7-9-22(10-8-21)30(42)38-19-28(36)40-37)41-31(43)29(23-16-25(34)18-26(35)17-23)39-33(41)14-12-24(13-15-33)32(3,4)5/h7-10,16-18,20,24,27H,6,11-15,19,37H2,1-5H3,(H2,36,40)(H,38,42)/t24?,27-,33?/m1/s1/i3D3. The molecule has 0 radical (unpaired) electrons. The fraction of sp³-hybridized carbons (Fsp3) is 0.515. The minimum atomic E-state index is -2.17. The normalized spacial score (nSPS) is 23.1. The highest BCUT2D eigenvalue weighted by Crippen LogP contribution is 2.50. The van der Waals surface area contributed by atoms with Crippen LogP contribution in [0.1, 0.15) is 105 Å². The molecule has 1 saturated carbocycles. The topological polar surface area (TPSA) is 126 Å². The summed E-state index contributed by atoms with van der Waals surface area (Å²) in [7, 11) is 0. The Kier molecular flexibility index (Phi) is 8.34. The van der Waals surface area contributed by atoms with Crippen LogP contribution in [0.25, 0.3) is 0 Å². The number of benzene rings is 2. The molecule has 232 valence electrons. The van der Waals surface area contributed by atoms with Gasteiger partial charge in [0.05, 0.1) is 12.6 Å². The molecule has 1 atom stereocenters. The van der Waals surface area contributed by atoms with E-state index in [9.17, 15) is 18.4 Å². The van der Waals surface area contributed by atoms with Crippen LogP contribution in [0.4, 0.5) is 8.78 Å². The molecular formula is C33H44F2N6O2. The second-order valence-electron chi connectivity index (χ2n) is 12.7. The van der Waals surface area contributed by atoms with E-state index in [1.165, 1.54) is 0 Å². The summed E-state index contributed by atoms with van der Waals surface area (Å²) < 4.78 is 53.1. The van der Waals surface area contributed by atoms with E-state index in [0.29, 0.717) is 43.6 Å². The molecule has 2 aliphatic rings. The monoisotopic (exact) mass is 597 g/mol. The molecule has 2 amide bonds. The van der Waals surface area contributed by atoms with Gasteiger partial charge in [0.1, 0.15) is 28.8 Å². The molecule has 2 aromatic rings. The average Bonchev–Trinajstić information content (AvgIpc) is 3.26. The third kappa shape index (κ3) is 7.22. The Morgan fingerprint density at radius 3 is 2.35 bits per heavy atom. The first-order valence-corrected chi connectivity index (χ1v) is 14.8. The number of hydrazone groups is 1. The van der Waals surface area contributed by atoms with Crippen LogP contribution in [0, 0.1) is 28.9 Å². The van der Waals surface area contributed by atoms with Crippen LogP contribution < -0.4 is 16.9 Å². The van der Waals surface area contributed by atoms with E-state index in [-0.39, 0.29) is 35.5 Å². The molecule has 1 fully saturated rings. The van der Waals surface area contributed by atoms with E-state index in [4.69, 9.17) is 20.7 Å². The lowest BCUT2D eigenvalue weighted by Crippen LogP contribution is -2.51. The number of nitrogens with two attached hydrogens (primary N) is 2. The van der Waals surface area contributed by atoms with E-state index in [0.717, 1.165) is 30.2 Å². The Labute approximate surface area is 257 Å². The number of halogens is 2. The van der Waals surface area contributed by atoms with Gasteiger partial charge in [-0.05, 0) is 85.6 Å². The molecule has 1 heterocycles. The van der Waals surface area contributed by atoms with Crippen LogP contribution in [-0.2, 0) is 4.79 Å². The van der Waals surface area contributed by atoms with Crippen LogP contribution >= 0.6 is 0 Å². The van der Waals surface area contributed by atoms with Crippen molar-refractivity contribution in [2.24, 2.45) is 38.9 Å². The number of rotatable bonds is 9. The van der Waals surface area contributed by atoms with Crippen molar-refractivity contribution < 1.29 is 22.5 Å². The number of carbonyl (C=O) groups excluding carboxylic acids is 2. The zero-order valence-corrected chi connectivity index (χ0v) is 25.3. The summed E-state index contributed by atoms with van der Waals surface area (Å²) in [6.07, 6.45) is 3.15. The first-order valence-electron chi connectivity index (χ1n) is 16.3. The van der Waals surface area contributed by atoms with Gasteiger partial charge in [0.15, 0.2) is 0 Å². The fourth-order valence-electron chi connectivity index (χ4n) is 6.19. The van der Waals surface area contributed by atoms with E-state index in [1.807, 2.05) is 0 Å². The van der Waals surface area contributed by atoms with Crippen molar-refractivity contribution in [2.45, 2.75) is 84.8 Å². The summed E-state index contributed by atoms with van der Waals surface area (Å²) in [5, 5.41) is 6.00. The Morgan fingerprint density at radius 2 is 1.79 bits per heavy atom. The first kappa shape index (κ1) is 28.0. The van der Waals surface area contributed by atoms with Gasteiger partial charge in [-0.3, -0.25) is 14.6 Å². The highest BCUT2D eigenvalue weighted by Gasteiger charge is 2.52. The number of hydrogen-bond donors (Lipinski definition) is 3. The summed E-state index contributed by atoms with van der Waals surface area (Å²) >= 11 is 0. The predicted molar refractivity (Wildman–Crippen MR) is 165 cm³/mol. The third-order valence-electron chi connectivity index (χ3n) is 8.62. The number of amides is 2. The zero-order chi connectivity index (χ0) is 34.0. The second kappa shape index (κ2) is 12.8. The predicted octanol–water partition coefficient (Wildman–Crippen LogP) is 5.67. The first-order chi connectivity index (χ1) is 21.5. The van der Waals surface area contributed by atoms with Crippen molar-refractivity contribution in [3.05, 3.63) is 70.8 Å². The minimum Gasteiger partial charge on any atom is -0.384 e. The Hall–Kier alpha value is -3.82. The lowest BCUT2D eigenvalue weighted by molar-refractivity contribution is -0.133. The van der Waals surface area contributed by atoms with Crippen molar-refractivity contribution in [1.29, 1.82) is 0 Å². The van der Waals surface area contributed by atoms with E-state index < -0.39 is 41.5 Å². The Balaban J connectivity index is 1.75. The molecule has 0 unspecified atom stereocenters. The fourth-order valence-corrected chi connectivity index (χ4v) is 6.19. The van der Waals surface area contributed by atoms with Crippen LogP contribution in [0.2, 0.25) is 0 Å². The molecular weight excluding hydrogens is 550 g/mol. The van der Waals surface area contributed by atoms with Crippen LogP contribution in [0.3, 0.4) is 0 Å². The number of hydrogen-bond acceptors (Lipinski definition) is 5. The summed E-state index contributed by atoms with van der Waals surface area (Å²) in [5.74, 6) is 2.95. The van der Waals surface area contributed by atoms with Crippen molar-refractivity contribution in [2.75, 3.05) is 6.54 Å². The number of nitrogens with one attached hydrogen (secondary N) is 1. The van der Waals surface area contributed by atoms with Gasteiger partial charge in [-0.15, -0.1) is 0 Å². The molecule has 2 aromatic carbocycles. The van der Waals surface area contributed by atoms with Gasteiger partial charge in [-0.1, -0.05) is 46.7 Å². The molecule has 5 N–H and O–H groups in total. The maximum absolute atomic E-state index is 14.4. The average molecular weight is 598 g/mol. The van der Waals surface area contributed by atoms with Gasteiger partial charge in [-0.25, -0.2) is 8.78 Å². The summed E-state index contributed by atoms with van der Waals surface area (Å²) in [4.78, 5) is 33.8. The van der Waals surface area contributed by atoms with Gasteiger partial charge in [0.2, 0.25) is 0 Å². The molecule has 0 bridgehead atoms. The lowest BCUT2D eigenvalue weighted by atomic mass is 9.69. The van der Waals surface area contributed by atoms with E-state index in [1.54, 1.807) is 43.0 Å². The second-order valence-corrected chi connectivity index (χ2v) is 12.7. The molecule has 8 nitrogen and oxygen atoms in total. The maximum atomic E-state index is 14.4. The largest absolute Gasteiger partial charge is 0.384 e. The zero-order valence-electron chi connectivity index (χ0n) is 28.3. The van der Waals surface area contributed by atoms with Crippen molar-refractivity contribution >= 4 is 23.4 Å². The molecule has 0 aromatic heterocycles. The highest BCUT2D eigenvalue weighted by molar-refractivity contribution is 6.46. The molecule has 4 rings (SSSR count). The quantitative estimate of drug-likeness (QED) is 0.149. The number of amidine groups is 1. The van der Waals surface area contributed by atoms with Crippen molar-refractivity contribution in [1.82, 2.24) is 10.2 Å². The number of aliphatic imine (C=N–C) groups is 1. The van der Waals surface area contributed by atoms with Gasteiger partial charge in [-0.2, -0.15) is 5.10 Å². The maximum Gasteiger partial charge on any atom is 0.275 e. The highest BCUT2D eigenvalue weighted by atomic mass is 19.1. The molecule has 1 aliphatic heterocycles. The van der Waals surface area contributed by atoms with Gasteiger partial charge >= 0.3 is 0 Å². The van der Waals surface area contributed by atoms with Crippen LogP contribution in [0.15, 0.2) is 52.6 Å². The van der Waals surface area contributed by atoms with Crippen LogP contribution in [-0.4, -0.2) is 40.5 Å². The smallest absolute Gasteiger partial charge is 0.275 e. The summed E-state index contributed by atoms with van der Waals surface area (Å²) in [6.45, 7) is 5.50. The Bertz CT molecular complexity index is 1480. The molecule has 1 spiro atoms. The number of nitrogens with zero attached hydrogens (tertiary/aromatic N) is 3. The van der Waals surface area contributed by atoms with Gasteiger partial charge in [0, 0.05) is 21.3 Å². The molecule has 10 heteroatoms. The van der Waals surface area contributed by atoms with Gasteiger partial charge in [0.25, 0.3) is 11.8 Å². The molecule has 1 aliphatic carbocycles. The molecule has 0 saturated heterocycles. The minimum absolute atomic E-state index is 0.0146. The molecule has 43 heavy (non-hydrogen) atoms. The van der Waals surface area contributed by atoms with E-state index in [2.05, 4.69) is 24.3 Å². The lowest BCUT2D eigenvalue weighted by Gasteiger charge is -2.47. The summed E-state index contributed by atoms with van der Waals surface area (Å²) in [6, 6.07) is 9.41. The van der Waals surface area contributed by atoms with Crippen LogP contribution in [0.5, 0.6) is 0 Å². The summed E-state index contributed by atoms with van der Waals surface area (Å²) in [5.41, 5.74) is 4.80. The van der Waals surface area contributed by atoms with Crippen molar-refractivity contribution in [3.8, 4) is 0 Å².